The Hall–Kier alpha value is -0.670. The number of ketones is 1. The molecule has 0 aliphatic carbocycles. The minimum Gasteiger partial charge on any atom is -0.379 e. The largest absolute Gasteiger partial charge is 0.379 e. The molecule has 0 aromatic rings. The lowest BCUT2D eigenvalue weighted by molar-refractivity contribution is -0.114. The molecule has 0 radical (unpaired) electrons. The monoisotopic (exact) mass is 183 g/mol. The first-order valence-electron chi connectivity index (χ1n) is 4.70. The van der Waals surface area contributed by atoms with Crippen LogP contribution in [0.15, 0.2) is 11.6 Å². The zero-order chi connectivity index (χ0) is 9.68. The molecule has 1 fully saturated rings. The van der Waals surface area contributed by atoms with E-state index in [0.717, 1.165) is 38.4 Å². The maximum atomic E-state index is 11.1. The first kappa shape index (κ1) is 10.4. The van der Waals surface area contributed by atoms with Gasteiger partial charge in [-0.1, -0.05) is 6.08 Å². The van der Waals surface area contributed by atoms with E-state index in [4.69, 9.17) is 4.74 Å². The fourth-order valence-corrected chi connectivity index (χ4v) is 1.41. The van der Waals surface area contributed by atoms with Crippen LogP contribution in [0.4, 0.5) is 0 Å². The van der Waals surface area contributed by atoms with Crippen molar-refractivity contribution in [2.45, 2.75) is 13.8 Å². The Morgan fingerprint density at radius 3 is 2.54 bits per heavy atom. The van der Waals surface area contributed by atoms with Crippen molar-refractivity contribution >= 4 is 5.78 Å². The van der Waals surface area contributed by atoms with Gasteiger partial charge in [-0.25, -0.2) is 0 Å². The van der Waals surface area contributed by atoms with Gasteiger partial charge in [0, 0.05) is 25.2 Å². The topological polar surface area (TPSA) is 29.5 Å². The van der Waals surface area contributed by atoms with Crippen molar-refractivity contribution in [1.82, 2.24) is 4.90 Å². The average molecular weight is 183 g/mol. The van der Waals surface area contributed by atoms with Gasteiger partial charge >= 0.3 is 0 Å². The molecule has 13 heavy (non-hydrogen) atoms. The van der Waals surface area contributed by atoms with E-state index in [1.54, 1.807) is 6.92 Å². The second-order valence-electron chi connectivity index (χ2n) is 3.26. The van der Waals surface area contributed by atoms with Gasteiger partial charge in [0.05, 0.1) is 13.2 Å². The van der Waals surface area contributed by atoms with Gasteiger partial charge in [0.15, 0.2) is 5.78 Å². The van der Waals surface area contributed by atoms with E-state index in [1.165, 1.54) is 0 Å². The van der Waals surface area contributed by atoms with Crippen LogP contribution in [0.3, 0.4) is 0 Å². The van der Waals surface area contributed by atoms with Crippen molar-refractivity contribution in [2.75, 3.05) is 32.8 Å². The van der Waals surface area contributed by atoms with Gasteiger partial charge in [0.1, 0.15) is 0 Å². The van der Waals surface area contributed by atoms with Gasteiger partial charge in [0.2, 0.25) is 0 Å². The Kier molecular flexibility index (Phi) is 4.12. The second-order valence-corrected chi connectivity index (χ2v) is 3.26. The first-order chi connectivity index (χ1) is 6.24. The molecule has 0 N–H and O–H groups in total. The van der Waals surface area contributed by atoms with Gasteiger partial charge in [-0.05, 0) is 13.8 Å². The number of morpholine rings is 1. The number of rotatable bonds is 3. The van der Waals surface area contributed by atoms with Crippen LogP contribution in [-0.2, 0) is 9.53 Å². The first-order valence-corrected chi connectivity index (χ1v) is 4.70. The van der Waals surface area contributed by atoms with Crippen molar-refractivity contribution in [1.29, 1.82) is 0 Å². The summed E-state index contributed by atoms with van der Waals surface area (Å²) >= 11 is 0. The molecule has 0 aromatic carbocycles. The summed E-state index contributed by atoms with van der Waals surface area (Å²) in [4.78, 5) is 13.4. The molecule has 0 amide bonds. The summed E-state index contributed by atoms with van der Waals surface area (Å²) in [5.74, 6) is 0.175. The standard InChI is InChI=1S/C10H17NO2/c1-3-10(9(2)12)8-11-4-6-13-7-5-11/h3H,4-8H2,1-2H3/b10-3-. The molecule has 3 nitrogen and oxygen atoms in total. The zero-order valence-electron chi connectivity index (χ0n) is 8.38. The highest BCUT2D eigenvalue weighted by atomic mass is 16.5. The number of ether oxygens (including phenoxy) is 1. The number of hydrogen-bond donors (Lipinski definition) is 0. The molecule has 0 spiro atoms. The molecular formula is C10H17NO2. The smallest absolute Gasteiger partial charge is 0.156 e. The Balaban J connectivity index is 2.41. The van der Waals surface area contributed by atoms with Crippen molar-refractivity contribution in [3.05, 3.63) is 11.6 Å². The lowest BCUT2D eigenvalue weighted by Gasteiger charge is -2.26. The van der Waals surface area contributed by atoms with Crippen molar-refractivity contribution in [2.24, 2.45) is 0 Å². The van der Waals surface area contributed by atoms with Crippen molar-refractivity contribution in [3.8, 4) is 0 Å². The molecule has 0 bridgehead atoms. The quantitative estimate of drug-likeness (QED) is 0.608. The van der Waals surface area contributed by atoms with E-state index in [9.17, 15) is 4.79 Å². The molecule has 0 atom stereocenters. The van der Waals surface area contributed by atoms with Crippen LogP contribution in [0, 0.1) is 0 Å². The van der Waals surface area contributed by atoms with Crippen LogP contribution in [0.5, 0.6) is 0 Å². The van der Waals surface area contributed by atoms with Gasteiger partial charge < -0.3 is 4.74 Å². The highest BCUT2D eigenvalue weighted by molar-refractivity contribution is 5.93. The summed E-state index contributed by atoms with van der Waals surface area (Å²) in [6, 6.07) is 0. The fraction of sp³-hybridized carbons (Fsp3) is 0.700. The second kappa shape index (κ2) is 5.14. The van der Waals surface area contributed by atoms with E-state index in [2.05, 4.69) is 4.90 Å². The summed E-state index contributed by atoms with van der Waals surface area (Å²) in [5, 5.41) is 0. The number of hydrogen-bond acceptors (Lipinski definition) is 3. The number of nitrogens with zero attached hydrogens (tertiary/aromatic N) is 1. The Bertz CT molecular complexity index is 205. The summed E-state index contributed by atoms with van der Waals surface area (Å²) < 4.78 is 5.23. The third kappa shape index (κ3) is 3.28. The molecular weight excluding hydrogens is 166 g/mol. The van der Waals surface area contributed by atoms with E-state index < -0.39 is 0 Å². The molecule has 1 saturated heterocycles. The Morgan fingerprint density at radius 1 is 1.46 bits per heavy atom. The third-order valence-corrected chi connectivity index (χ3v) is 2.30. The number of allylic oxidation sites excluding steroid dienone is 1. The van der Waals surface area contributed by atoms with Crippen LogP contribution < -0.4 is 0 Å². The van der Waals surface area contributed by atoms with Crippen molar-refractivity contribution in [3.63, 3.8) is 0 Å². The lowest BCUT2D eigenvalue weighted by atomic mass is 10.1. The molecule has 74 valence electrons. The Morgan fingerprint density at radius 2 is 2.08 bits per heavy atom. The predicted octanol–water partition coefficient (Wildman–Crippen LogP) is 0.854. The number of Topliss-reactive ketones (excluding diaryl/α,β-unsaturated/α-hetero) is 1. The molecule has 1 aliphatic heterocycles. The minimum atomic E-state index is 0.175. The molecule has 0 saturated carbocycles. The van der Waals surface area contributed by atoms with E-state index in [1.807, 2.05) is 13.0 Å². The highest BCUT2D eigenvalue weighted by Gasteiger charge is 2.13. The molecule has 1 rings (SSSR count). The Labute approximate surface area is 79.4 Å². The summed E-state index contributed by atoms with van der Waals surface area (Å²) in [6.45, 7) is 7.75. The van der Waals surface area contributed by atoms with Crippen molar-refractivity contribution < 1.29 is 9.53 Å². The van der Waals surface area contributed by atoms with Gasteiger partial charge in [0.25, 0.3) is 0 Å². The van der Waals surface area contributed by atoms with E-state index in [-0.39, 0.29) is 5.78 Å². The maximum absolute atomic E-state index is 11.1. The normalized spacial score (nSPS) is 20.3. The minimum absolute atomic E-state index is 0.175. The van der Waals surface area contributed by atoms with Crippen LogP contribution in [0.1, 0.15) is 13.8 Å². The molecule has 1 aliphatic rings. The zero-order valence-corrected chi connectivity index (χ0v) is 8.38. The number of carbonyl (C=O) groups excluding carboxylic acids is 1. The average Bonchev–Trinajstić information content (AvgIpc) is 2.15. The summed E-state index contributed by atoms with van der Waals surface area (Å²) in [6.07, 6.45) is 1.90. The van der Waals surface area contributed by atoms with E-state index in [0.29, 0.717) is 0 Å². The third-order valence-electron chi connectivity index (χ3n) is 2.30. The number of carbonyl (C=O) groups is 1. The van der Waals surface area contributed by atoms with Crippen LogP contribution in [0.2, 0.25) is 0 Å². The fourth-order valence-electron chi connectivity index (χ4n) is 1.41. The molecule has 0 unspecified atom stereocenters. The summed E-state index contributed by atoms with van der Waals surface area (Å²) in [5.41, 5.74) is 0.905. The van der Waals surface area contributed by atoms with E-state index >= 15 is 0 Å². The highest BCUT2D eigenvalue weighted by Crippen LogP contribution is 2.03. The van der Waals surface area contributed by atoms with Gasteiger partial charge in [-0.3, -0.25) is 9.69 Å². The SMILES string of the molecule is C/C=C(/CN1CCOCC1)C(C)=O. The maximum Gasteiger partial charge on any atom is 0.156 e. The lowest BCUT2D eigenvalue weighted by Crippen LogP contribution is -2.38. The van der Waals surface area contributed by atoms with Gasteiger partial charge in [-0.2, -0.15) is 0 Å². The van der Waals surface area contributed by atoms with Crippen LogP contribution in [-0.4, -0.2) is 43.5 Å². The van der Waals surface area contributed by atoms with Gasteiger partial charge in [-0.15, -0.1) is 0 Å². The van der Waals surface area contributed by atoms with Crippen LogP contribution in [0.25, 0.3) is 0 Å². The molecule has 3 heteroatoms. The van der Waals surface area contributed by atoms with Crippen LogP contribution >= 0.6 is 0 Å². The molecule has 1 heterocycles. The molecule has 0 aromatic heterocycles. The predicted molar refractivity (Wildman–Crippen MR) is 51.7 cm³/mol. The summed E-state index contributed by atoms with van der Waals surface area (Å²) in [7, 11) is 0.